The Morgan fingerprint density at radius 3 is 3.00 bits per heavy atom. The highest BCUT2D eigenvalue weighted by atomic mass is 32.1. The fourth-order valence-corrected chi connectivity index (χ4v) is 2.74. The van der Waals surface area contributed by atoms with Crippen LogP contribution in [0.15, 0.2) is 12.7 Å². The monoisotopic (exact) mass is 250 g/mol. The maximum atomic E-state index is 10.1. The highest BCUT2D eigenvalue weighted by Crippen LogP contribution is 2.30. The van der Waals surface area contributed by atoms with Gasteiger partial charge in [-0.25, -0.2) is 9.97 Å². The number of aromatic amines is 1. The van der Waals surface area contributed by atoms with Crippen molar-refractivity contribution in [2.45, 2.75) is 37.8 Å². The molecule has 5 nitrogen and oxygen atoms in total. The summed E-state index contributed by atoms with van der Waals surface area (Å²) in [5.74, 6) is 0. The van der Waals surface area contributed by atoms with Gasteiger partial charge in [0.2, 0.25) is 0 Å². The average molecular weight is 250 g/mol. The van der Waals surface area contributed by atoms with Crippen LogP contribution in [-0.4, -0.2) is 30.7 Å². The number of rotatable bonds is 1. The maximum Gasteiger partial charge on any atom is 0.157 e. The summed E-state index contributed by atoms with van der Waals surface area (Å²) in [5, 5.41) is 10.1. The number of aliphatic hydroxyl groups is 1. The van der Waals surface area contributed by atoms with Crippen LogP contribution in [0.5, 0.6) is 0 Å². The zero-order valence-electron chi connectivity index (χ0n) is 9.33. The second kappa shape index (κ2) is 4.19. The lowest BCUT2D eigenvalue weighted by Crippen LogP contribution is -2.27. The molecule has 1 saturated carbocycles. The van der Waals surface area contributed by atoms with E-state index in [9.17, 15) is 5.11 Å². The maximum absolute atomic E-state index is 10.1. The van der Waals surface area contributed by atoms with E-state index in [-0.39, 0.29) is 12.1 Å². The molecule has 3 rings (SSSR count). The summed E-state index contributed by atoms with van der Waals surface area (Å²) in [6, 6.07) is 0.0989. The molecule has 0 spiro atoms. The molecule has 1 aliphatic rings. The quantitative estimate of drug-likeness (QED) is 0.759. The summed E-state index contributed by atoms with van der Waals surface area (Å²) in [6.45, 7) is 0. The molecule has 0 saturated heterocycles. The normalized spacial score (nSPS) is 25.2. The fraction of sp³-hybridized carbons (Fsp3) is 0.545. The smallest absolute Gasteiger partial charge is 0.157 e. The number of aliphatic hydroxyl groups excluding tert-OH is 1. The molecule has 2 aromatic rings. The van der Waals surface area contributed by atoms with Gasteiger partial charge in [-0.2, -0.15) is 0 Å². The van der Waals surface area contributed by atoms with Crippen molar-refractivity contribution in [1.29, 1.82) is 0 Å². The Bertz CT molecular complexity index is 590. The third-order valence-electron chi connectivity index (χ3n) is 3.43. The minimum Gasteiger partial charge on any atom is -0.391 e. The molecule has 2 N–H and O–H groups in total. The van der Waals surface area contributed by atoms with Gasteiger partial charge in [0.15, 0.2) is 4.64 Å². The number of fused-ring (bicyclic) bond motifs is 1. The predicted molar refractivity (Wildman–Crippen MR) is 66.2 cm³/mol. The van der Waals surface area contributed by atoms with Crippen molar-refractivity contribution >= 4 is 23.4 Å². The van der Waals surface area contributed by atoms with Crippen molar-refractivity contribution in [3.63, 3.8) is 0 Å². The molecule has 2 aromatic heterocycles. The van der Waals surface area contributed by atoms with Gasteiger partial charge in [-0.05, 0) is 12.8 Å². The van der Waals surface area contributed by atoms with E-state index < -0.39 is 0 Å². The number of hydrogen-bond acceptors (Lipinski definition) is 4. The van der Waals surface area contributed by atoms with E-state index in [2.05, 4.69) is 15.0 Å². The van der Waals surface area contributed by atoms with Crippen LogP contribution in [0.1, 0.15) is 31.7 Å². The van der Waals surface area contributed by atoms with Gasteiger partial charge in [0, 0.05) is 0 Å². The van der Waals surface area contributed by atoms with Crippen LogP contribution in [0.4, 0.5) is 0 Å². The first-order valence-electron chi connectivity index (χ1n) is 5.85. The first kappa shape index (κ1) is 10.9. The van der Waals surface area contributed by atoms with Crippen LogP contribution >= 0.6 is 12.2 Å². The number of H-pyrrole nitrogens is 1. The van der Waals surface area contributed by atoms with E-state index >= 15 is 0 Å². The summed E-state index contributed by atoms with van der Waals surface area (Å²) >= 11 is 5.13. The average Bonchev–Trinajstić information content (AvgIpc) is 2.75. The van der Waals surface area contributed by atoms with Crippen molar-refractivity contribution in [2.24, 2.45) is 0 Å². The number of imidazole rings is 1. The van der Waals surface area contributed by atoms with Crippen LogP contribution in [0.3, 0.4) is 0 Å². The van der Waals surface area contributed by atoms with Gasteiger partial charge in [0.1, 0.15) is 11.2 Å². The third kappa shape index (κ3) is 1.77. The Kier molecular flexibility index (Phi) is 2.68. The van der Waals surface area contributed by atoms with Gasteiger partial charge >= 0.3 is 0 Å². The van der Waals surface area contributed by atoms with Crippen molar-refractivity contribution in [3.8, 4) is 0 Å². The molecule has 1 fully saturated rings. The van der Waals surface area contributed by atoms with E-state index in [0.29, 0.717) is 10.2 Å². The zero-order chi connectivity index (χ0) is 11.8. The van der Waals surface area contributed by atoms with Gasteiger partial charge in [0.25, 0.3) is 0 Å². The summed E-state index contributed by atoms with van der Waals surface area (Å²) in [6.07, 6.45) is 7.12. The van der Waals surface area contributed by atoms with Crippen molar-refractivity contribution < 1.29 is 5.11 Å². The first-order chi connectivity index (χ1) is 8.27. The van der Waals surface area contributed by atoms with E-state index in [0.717, 1.165) is 31.3 Å². The molecule has 0 unspecified atom stereocenters. The molecule has 0 aromatic carbocycles. The van der Waals surface area contributed by atoms with Crippen LogP contribution < -0.4 is 0 Å². The largest absolute Gasteiger partial charge is 0.391 e. The molecule has 90 valence electrons. The van der Waals surface area contributed by atoms with Gasteiger partial charge in [-0.3, -0.25) is 0 Å². The highest BCUT2D eigenvalue weighted by molar-refractivity contribution is 7.71. The minimum atomic E-state index is -0.295. The predicted octanol–water partition coefficient (Wildman–Crippen LogP) is 1.96. The van der Waals surface area contributed by atoms with Crippen LogP contribution in [0.2, 0.25) is 0 Å². The molecular formula is C11H14N4OS. The Morgan fingerprint density at radius 1 is 1.35 bits per heavy atom. The standard InChI is InChI=1S/C11H14N4OS/c16-8-4-2-1-3-7(8)15-6-14-9-10(15)12-5-13-11(9)17/h5-8,16H,1-4H2,(H,12,13,17)/t7-,8-/m1/s1. The van der Waals surface area contributed by atoms with Crippen LogP contribution in [0.25, 0.3) is 11.2 Å². The number of hydrogen-bond donors (Lipinski definition) is 2. The summed E-state index contributed by atoms with van der Waals surface area (Å²) in [7, 11) is 0. The SMILES string of the molecule is O[C@@H]1CCCC[C@H]1n1cnc2c(=S)nc[nH]c21. The summed E-state index contributed by atoms with van der Waals surface area (Å²) in [4.78, 5) is 11.4. The number of nitrogens with zero attached hydrogens (tertiary/aromatic N) is 3. The zero-order valence-corrected chi connectivity index (χ0v) is 10.2. The van der Waals surface area contributed by atoms with Crippen LogP contribution in [0, 0.1) is 4.64 Å². The highest BCUT2D eigenvalue weighted by Gasteiger charge is 2.26. The van der Waals surface area contributed by atoms with Crippen molar-refractivity contribution in [3.05, 3.63) is 17.3 Å². The van der Waals surface area contributed by atoms with E-state index in [4.69, 9.17) is 12.2 Å². The Balaban J connectivity index is 2.11. The second-order valence-corrected chi connectivity index (χ2v) is 4.86. The molecule has 0 amide bonds. The third-order valence-corrected chi connectivity index (χ3v) is 3.73. The number of aromatic nitrogens is 4. The van der Waals surface area contributed by atoms with Crippen molar-refractivity contribution in [1.82, 2.24) is 19.5 Å². The minimum absolute atomic E-state index is 0.0989. The summed E-state index contributed by atoms with van der Waals surface area (Å²) < 4.78 is 2.50. The molecular weight excluding hydrogens is 236 g/mol. The molecule has 1 aliphatic carbocycles. The Hall–Kier alpha value is -1.27. The lowest BCUT2D eigenvalue weighted by molar-refractivity contribution is 0.0770. The van der Waals surface area contributed by atoms with Crippen molar-refractivity contribution in [2.75, 3.05) is 0 Å². The molecule has 0 aliphatic heterocycles. The lowest BCUT2D eigenvalue weighted by Gasteiger charge is -2.28. The fourth-order valence-electron chi connectivity index (χ4n) is 2.54. The molecule has 2 heterocycles. The lowest BCUT2D eigenvalue weighted by atomic mass is 9.92. The molecule has 2 atom stereocenters. The van der Waals surface area contributed by atoms with Gasteiger partial charge in [0.05, 0.1) is 24.8 Å². The van der Waals surface area contributed by atoms with E-state index in [1.54, 1.807) is 12.7 Å². The Labute approximate surface area is 104 Å². The second-order valence-electron chi connectivity index (χ2n) is 4.48. The molecule has 0 radical (unpaired) electrons. The van der Waals surface area contributed by atoms with Gasteiger partial charge in [-0.1, -0.05) is 25.1 Å². The molecule has 6 heteroatoms. The van der Waals surface area contributed by atoms with Gasteiger partial charge in [-0.15, -0.1) is 0 Å². The van der Waals surface area contributed by atoms with E-state index in [1.165, 1.54) is 0 Å². The Morgan fingerprint density at radius 2 is 2.18 bits per heavy atom. The van der Waals surface area contributed by atoms with Gasteiger partial charge < -0.3 is 14.7 Å². The topological polar surface area (TPSA) is 66.7 Å². The molecule has 17 heavy (non-hydrogen) atoms. The number of nitrogens with one attached hydrogen (secondary N) is 1. The molecule has 0 bridgehead atoms. The summed E-state index contributed by atoms with van der Waals surface area (Å²) in [5.41, 5.74) is 1.57. The first-order valence-corrected chi connectivity index (χ1v) is 6.26. The van der Waals surface area contributed by atoms with E-state index in [1.807, 2.05) is 4.57 Å². The van der Waals surface area contributed by atoms with Crippen LogP contribution in [-0.2, 0) is 0 Å².